The number of fused-ring (bicyclic) bond motifs is 1. The third-order valence-electron chi connectivity index (χ3n) is 3.40. The van der Waals surface area contributed by atoms with Crippen molar-refractivity contribution >= 4 is 57.5 Å². The van der Waals surface area contributed by atoms with Gasteiger partial charge in [-0.2, -0.15) is 8.73 Å². The number of hydrogen-bond donors (Lipinski definition) is 2. The first kappa shape index (κ1) is 15.4. The number of rotatable bonds is 4. The molecule has 0 atom stereocenters. The molecule has 1 aliphatic heterocycles. The highest BCUT2D eigenvalue weighted by atomic mass is 35.5. The Hall–Kier alpha value is -0.950. The number of carbonyl (C=O) groups excluding carboxylic acids is 1. The molecule has 0 radical (unpaired) electrons. The average molecular weight is 333 g/mol. The van der Waals surface area contributed by atoms with Gasteiger partial charge in [0.1, 0.15) is 11.4 Å². The minimum Gasteiger partial charge on any atom is -0.321 e. The van der Waals surface area contributed by atoms with Gasteiger partial charge in [0.05, 0.1) is 32.6 Å². The first-order chi connectivity index (χ1) is 9.42. The highest BCUT2D eigenvalue weighted by Crippen LogP contribution is 2.47. The van der Waals surface area contributed by atoms with Gasteiger partial charge in [-0.3, -0.25) is 4.79 Å². The molecule has 0 fully saturated rings. The molecule has 1 aliphatic rings. The first-order valence-corrected chi connectivity index (χ1v) is 7.62. The Kier molecular flexibility index (Phi) is 4.49. The van der Waals surface area contributed by atoms with Crippen molar-refractivity contribution in [3.8, 4) is 0 Å². The molecule has 5 nitrogen and oxygen atoms in total. The predicted octanol–water partition coefficient (Wildman–Crippen LogP) is 4.18. The van der Waals surface area contributed by atoms with Crippen LogP contribution in [-0.4, -0.2) is 11.4 Å². The van der Waals surface area contributed by atoms with Gasteiger partial charge in [-0.15, -0.1) is 0 Å². The molecule has 3 N–H and O–H groups in total. The Morgan fingerprint density at radius 2 is 1.90 bits per heavy atom. The summed E-state index contributed by atoms with van der Waals surface area (Å²) in [7, 11) is 0. The number of halogens is 2. The van der Waals surface area contributed by atoms with Crippen molar-refractivity contribution in [2.45, 2.75) is 32.2 Å². The lowest BCUT2D eigenvalue weighted by molar-refractivity contribution is -0.121. The first-order valence-electron chi connectivity index (χ1n) is 6.13. The molecule has 0 aliphatic carbocycles. The standard InChI is InChI=1S/C12H14Cl2N4OS/c1-3-12(15,4-2)11(19)16-8-6(13)5-7(14)9-10(8)18-20-17-9/h5H,3-4,15H2,1-2H3,(H,16,19). The fraction of sp³-hybridized carbons (Fsp3) is 0.417. The quantitative estimate of drug-likeness (QED) is 0.880. The summed E-state index contributed by atoms with van der Waals surface area (Å²) in [5.74, 6) is -0.291. The van der Waals surface area contributed by atoms with Crippen molar-refractivity contribution in [1.82, 2.24) is 0 Å². The molecule has 0 bridgehead atoms. The normalized spacial score (nSPS) is 13.1. The lowest BCUT2D eigenvalue weighted by Crippen LogP contribution is -2.50. The lowest BCUT2D eigenvalue weighted by Gasteiger charge is -2.25. The van der Waals surface area contributed by atoms with Crippen LogP contribution in [0.15, 0.2) is 14.8 Å². The number of nitrogens with two attached hydrogens (primary N) is 1. The van der Waals surface area contributed by atoms with Gasteiger partial charge in [-0.1, -0.05) is 37.0 Å². The van der Waals surface area contributed by atoms with Crippen LogP contribution in [0.25, 0.3) is 0 Å². The number of nitrogens with one attached hydrogen (secondary N) is 1. The Balaban J connectivity index is 2.39. The highest BCUT2D eigenvalue weighted by molar-refractivity contribution is 7.58. The molecule has 0 saturated heterocycles. The van der Waals surface area contributed by atoms with Crippen molar-refractivity contribution in [3.05, 3.63) is 16.1 Å². The molecule has 108 valence electrons. The van der Waals surface area contributed by atoms with Crippen LogP contribution in [0.5, 0.6) is 0 Å². The molecule has 20 heavy (non-hydrogen) atoms. The van der Waals surface area contributed by atoms with Gasteiger partial charge in [-0.25, -0.2) is 0 Å². The second kappa shape index (κ2) is 5.81. The molecular formula is C12H14Cl2N4OS. The van der Waals surface area contributed by atoms with E-state index in [0.717, 1.165) is 11.4 Å². The van der Waals surface area contributed by atoms with Crippen LogP contribution >= 0.6 is 23.2 Å². The molecule has 8 heteroatoms. The Bertz CT molecular complexity index is 637. The molecule has 0 spiro atoms. The molecular weight excluding hydrogens is 319 g/mol. The molecule has 0 unspecified atom stereocenters. The molecule has 0 aromatic heterocycles. The van der Waals surface area contributed by atoms with E-state index in [9.17, 15) is 4.79 Å². The van der Waals surface area contributed by atoms with Gasteiger partial charge in [0.15, 0.2) is 0 Å². The second-order valence-corrected chi connectivity index (χ2v) is 5.84. The lowest BCUT2D eigenvalue weighted by atomic mass is 9.93. The van der Waals surface area contributed by atoms with E-state index >= 15 is 0 Å². The van der Waals surface area contributed by atoms with Crippen LogP contribution in [-0.2, 0) is 16.1 Å². The maximum atomic E-state index is 12.3. The van der Waals surface area contributed by atoms with E-state index in [1.807, 2.05) is 13.8 Å². The Morgan fingerprint density at radius 3 is 2.50 bits per heavy atom. The zero-order chi connectivity index (χ0) is 14.9. The van der Waals surface area contributed by atoms with E-state index in [1.54, 1.807) is 6.07 Å². The number of nitrogens with zero attached hydrogens (tertiary/aromatic N) is 2. The number of benzene rings is 1. The molecule has 1 aromatic rings. The smallest absolute Gasteiger partial charge is 0.244 e. The van der Waals surface area contributed by atoms with E-state index in [0.29, 0.717) is 39.9 Å². The van der Waals surface area contributed by atoms with Gasteiger partial charge in [0, 0.05) is 0 Å². The third kappa shape index (κ3) is 2.61. The molecule has 1 heterocycles. The Morgan fingerprint density at radius 1 is 1.30 bits per heavy atom. The average Bonchev–Trinajstić information content (AvgIpc) is 2.92. The summed E-state index contributed by atoms with van der Waals surface area (Å²) in [6, 6.07) is 1.54. The summed E-state index contributed by atoms with van der Waals surface area (Å²) < 4.78 is 8.22. The van der Waals surface area contributed by atoms with E-state index in [1.165, 1.54) is 0 Å². The fourth-order valence-electron chi connectivity index (χ4n) is 1.80. The third-order valence-corrected chi connectivity index (χ3v) is 4.51. The minimum atomic E-state index is -0.932. The van der Waals surface area contributed by atoms with E-state index < -0.39 is 5.54 Å². The monoisotopic (exact) mass is 332 g/mol. The largest absolute Gasteiger partial charge is 0.321 e. The molecule has 0 saturated carbocycles. The van der Waals surface area contributed by atoms with Gasteiger partial charge < -0.3 is 11.1 Å². The summed E-state index contributed by atoms with van der Waals surface area (Å²) in [5.41, 5.74) is 6.55. The maximum Gasteiger partial charge on any atom is 0.244 e. The zero-order valence-electron chi connectivity index (χ0n) is 11.0. The van der Waals surface area contributed by atoms with Crippen molar-refractivity contribution < 1.29 is 4.79 Å². The Labute approximate surface area is 130 Å². The van der Waals surface area contributed by atoms with E-state index in [-0.39, 0.29) is 5.91 Å². The van der Waals surface area contributed by atoms with Crippen molar-refractivity contribution in [2.24, 2.45) is 14.5 Å². The second-order valence-electron chi connectivity index (χ2n) is 4.49. The highest BCUT2D eigenvalue weighted by Gasteiger charge is 2.31. The van der Waals surface area contributed by atoms with E-state index in [2.05, 4.69) is 14.0 Å². The minimum absolute atomic E-state index is 0.291. The van der Waals surface area contributed by atoms with Crippen molar-refractivity contribution in [3.63, 3.8) is 0 Å². The number of carbonyl (C=O) groups is 1. The van der Waals surface area contributed by atoms with Gasteiger partial charge in [0.2, 0.25) is 5.91 Å². The summed E-state index contributed by atoms with van der Waals surface area (Å²) in [4.78, 5) is 12.3. The SMILES string of the molecule is CCC(N)(CC)C(=O)Nc1c(Cl)cc(Cl)c2c1N=S=N2. The van der Waals surface area contributed by atoms with Crippen LogP contribution in [0.3, 0.4) is 0 Å². The van der Waals surface area contributed by atoms with Crippen LogP contribution < -0.4 is 11.1 Å². The summed E-state index contributed by atoms with van der Waals surface area (Å²) in [6.45, 7) is 3.74. The van der Waals surface area contributed by atoms with Gasteiger partial charge >= 0.3 is 0 Å². The predicted molar refractivity (Wildman–Crippen MR) is 84.1 cm³/mol. The molecule has 1 amide bonds. The van der Waals surface area contributed by atoms with Crippen LogP contribution in [0, 0.1) is 0 Å². The summed E-state index contributed by atoms with van der Waals surface area (Å²) in [6.07, 6.45) is 1.05. The van der Waals surface area contributed by atoms with Crippen LogP contribution in [0.1, 0.15) is 26.7 Å². The maximum absolute atomic E-state index is 12.3. The van der Waals surface area contributed by atoms with Gasteiger partial charge in [-0.05, 0) is 18.9 Å². The number of anilines is 1. The van der Waals surface area contributed by atoms with Crippen molar-refractivity contribution in [2.75, 3.05) is 5.32 Å². The number of amides is 1. The zero-order valence-corrected chi connectivity index (χ0v) is 13.4. The molecule has 1 aromatic carbocycles. The van der Waals surface area contributed by atoms with Gasteiger partial charge in [0.25, 0.3) is 0 Å². The van der Waals surface area contributed by atoms with E-state index in [4.69, 9.17) is 28.9 Å². The fourth-order valence-corrected chi connectivity index (χ4v) is 2.96. The molecule has 2 rings (SSSR count). The number of hydrogen-bond acceptors (Lipinski definition) is 4. The van der Waals surface area contributed by atoms with Crippen LogP contribution in [0.4, 0.5) is 17.1 Å². The topological polar surface area (TPSA) is 79.8 Å². The summed E-state index contributed by atoms with van der Waals surface area (Å²) in [5, 5.41) is 3.48. The summed E-state index contributed by atoms with van der Waals surface area (Å²) >= 11 is 13.2. The van der Waals surface area contributed by atoms with Crippen LogP contribution in [0.2, 0.25) is 10.0 Å². The van der Waals surface area contributed by atoms with Crippen molar-refractivity contribution in [1.29, 1.82) is 0 Å².